The molecule has 0 bridgehead atoms. The van der Waals surface area contributed by atoms with Crippen LogP contribution < -0.4 is 4.74 Å². The van der Waals surface area contributed by atoms with E-state index in [4.69, 9.17) is 9.84 Å². The minimum absolute atomic E-state index is 0.148. The normalized spacial score (nSPS) is 9.44. The van der Waals surface area contributed by atoms with Crippen molar-refractivity contribution >= 4 is 0 Å². The zero-order valence-corrected chi connectivity index (χ0v) is 10.1. The van der Waals surface area contributed by atoms with Gasteiger partial charge in [-0.15, -0.1) is 0 Å². The second-order valence-electron chi connectivity index (χ2n) is 3.71. The summed E-state index contributed by atoms with van der Waals surface area (Å²) in [4.78, 5) is 4.26. The van der Waals surface area contributed by atoms with Crippen molar-refractivity contribution in [2.24, 2.45) is 0 Å². The molecule has 18 heavy (non-hydrogen) atoms. The van der Waals surface area contributed by atoms with Gasteiger partial charge in [-0.1, -0.05) is 24.0 Å². The smallest absolute Gasteiger partial charge is 0.219 e. The van der Waals surface area contributed by atoms with Crippen LogP contribution in [0.2, 0.25) is 0 Å². The molecule has 0 amide bonds. The number of aliphatic hydroxyl groups excluding tert-OH is 1. The molecule has 1 heterocycles. The number of aromatic nitrogens is 1. The number of ether oxygens (including phenoxy) is 1. The first-order valence-electron chi connectivity index (χ1n) is 5.59. The molecular formula is C15H13NO2. The molecule has 3 heteroatoms. The molecule has 2 aromatic rings. The quantitative estimate of drug-likeness (QED) is 0.819. The van der Waals surface area contributed by atoms with Gasteiger partial charge in [-0.05, 0) is 31.2 Å². The van der Waals surface area contributed by atoms with Crippen molar-refractivity contribution < 1.29 is 9.84 Å². The fourth-order valence-corrected chi connectivity index (χ4v) is 1.47. The monoisotopic (exact) mass is 239 g/mol. The first kappa shape index (κ1) is 12.2. The largest absolute Gasteiger partial charge is 0.439 e. The number of aryl methyl sites for hydroxylation is 1. The van der Waals surface area contributed by atoms with Crippen molar-refractivity contribution in [1.29, 1.82) is 0 Å². The van der Waals surface area contributed by atoms with E-state index >= 15 is 0 Å². The number of nitrogens with zero attached hydrogens (tertiary/aromatic N) is 1. The van der Waals surface area contributed by atoms with Gasteiger partial charge in [0, 0.05) is 17.3 Å². The average molecular weight is 239 g/mol. The lowest BCUT2D eigenvalue weighted by Gasteiger charge is -2.05. The molecule has 1 N–H and O–H groups in total. The van der Waals surface area contributed by atoms with Crippen LogP contribution in [0.5, 0.6) is 11.6 Å². The van der Waals surface area contributed by atoms with Crippen molar-refractivity contribution in [2.45, 2.75) is 6.92 Å². The second-order valence-corrected chi connectivity index (χ2v) is 3.71. The Morgan fingerprint density at radius 1 is 1.22 bits per heavy atom. The summed E-state index contributed by atoms with van der Waals surface area (Å²) in [5.41, 5.74) is 1.71. The van der Waals surface area contributed by atoms with E-state index in [1.807, 2.05) is 43.3 Å². The molecule has 0 unspecified atom stereocenters. The zero-order chi connectivity index (χ0) is 12.8. The maximum absolute atomic E-state index is 8.65. The molecule has 0 saturated carbocycles. The molecule has 1 aromatic heterocycles. The lowest BCUT2D eigenvalue weighted by atomic mass is 10.2. The van der Waals surface area contributed by atoms with Crippen molar-refractivity contribution in [2.75, 3.05) is 6.61 Å². The van der Waals surface area contributed by atoms with Gasteiger partial charge in [0.15, 0.2) is 0 Å². The minimum Gasteiger partial charge on any atom is -0.439 e. The summed E-state index contributed by atoms with van der Waals surface area (Å²) in [6.45, 7) is 1.76. The van der Waals surface area contributed by atoms with Crippen molar-refractivity contribution in [3.8, 4) is 23.5 Å². The van der Waals surface area contributed by atoms with E-state index in [1.165, 1.54) is 0 Å². The molecule has 0 aliphatic rings. The molecule has 0 fully saturated rings. The summed E-state index contributed by atoms with van der Waals surface area (Å²) in [5.74, 6) is 6.67. The topological polar surface area (TPSA) is 42.4 Å². The molecule has 0 aliphatic carbocycles. The Bertz CT molecular complexity index is 597. The van der Waals surface area contributed by atoms with Crippen LogP contribution in [0.1, 0.15) is 11.3 Å². The van der Waals surface area contributed by atoms with E-state index in [1.54, 1.807) is 6.07 Å². The van der Waals surface area contributed by atoms with Gasteiger partial charge in [-0.3, -0.25) is 0 Å². The number of hydrogen-bond donors (Lipinski definition) is 1. The number of pyridine rings is 1. The third-order valence-electron chi connectivity index (χ3n) is 2.23. The summed E-state index contributed by atoms with van der Waals surface area (Å²) in [6.07, 6.45) is 0. The highest BCUT2D eigenvalue weighted by Crippen LogP contribution is 2.20. The molecular weight excluding hydrogens is 226 g/mol. The Morgan fingerprint density at radius 2 is 2.06 bits per heavy atom. The third kappa shape index (κ3) is 3.34. The van der Waals surface area contributed by atoms with Crippen molar-refractivity contribution in [3.63, 3.8) is 0 Å². The highest BCUT2D eigenvalue weighted by Gasteiger charge is 1.99. The zero-order valence-electron chi connectivity index (χ0n) is 10.1. The van der Waals surface area contributed by atoms with E-state index in [0.29, 0.717) is 11.6 Å². The average Bonchev–Trinajstić information content (AvgIpc) is 2.37. The first-order valence-corrected chi connectivity index (χ1v) is 5.59. The van der Waals surface area contributed by atoms with Gasteiger partial charge in [0.1, 0.15) is 12.4 Å². The van der Waals surface area contributed by atoms with Gasteiger partial charge in [0.2, 0.25) is 5.88 Å². The van der Waals surface area contributed by atoms with Crippen LogP contribution in [0.4, 0.5) is 0 Å². The highest BCUT2D eigenvalue weighted by atomic mass is 16.5. The maximum Gasteiger partial charge on any atom is 0.219 e. The molecule has 3 nitrogen and oxygen atoms in total. The molecule has 2 rings (SSSR count). The minimum atomic E-state index is -0.148. The third-order valence-corrected chi connectivity index (χ3v) is 2.23. The lowest BCUT2D eigenvalue weighted by Crippen LogP contribution is -1.89. The van der Waals surface area contributed by atoms with Gasteiger partial charge >= 0.3 is 0 Å². The standard InChI is InChI=1S/C15H13NO2/c1-12-5-2-9-15(16-12)18-14-8-3-6-13(11-14)7-4-10-17/h2-3,5-6,8-9,11,17H,10H2,1H3. The fraction of sp³-hybridized carbons (Fsp3) is 0.133. The lowest BCUT2D eigenvalue weighted by molar-refractivity contribution is 0.350. The van der Waals surface area contributed by atoms with Crippen molar-refractivity contribution in [3.05, 3.63) is 53.7 Å². The number of benzene rings is 1. The van der Waals surface area contributed by atoms with Crippen LogP contribution >= 0.6 is 0 Å². The van der Waals surface area contributed by atoms with Gasteiger partial charge in [-0.25, -0.2) is 4.98 Å². The van der Waals surface area contributed by atoms with E-state index < -0.39 is 0 Å². The summed E-state index contributed by atoms with van der Waals surface area (Å²) >= 11 is 0. The molecule has 1 aromatic carbocycles. The summed E-state index contributed by atoms with van der Waals surface area (Å²) in [7, 11) is 0. The summed E-state index contributed by atoms with van der Waals surface area (Å²) < 4.78 is 5.64. The Morgan fingerprint density at radius 3 is 2.83 bits per heavy atom. The number of rotatable bonds is 2. The van der Waals surface area contributed by atoms with E-state index in [-0.39, 0.29) is 6.61 Å². The summed E-state index contributed by atoms with van der Waals surface area (Å²) in [6, 6.07) is 13.0. The van der Waals surface area contributed by atoms with Crippen molar-refractivity contribution in [1.82, 2.24) is 4.98 Å². The predicted molar refractivity (Wildman–Crippen MR) is 69.5 cm³/mol. The molecule has 0 spiro atoms. The first-order chi connectivity index (χ1) is 8.78. The molecule has 0 atom stereocenters. The highest BCUT2D eigenvalue weighted by molar-refractivity contribution is 5.41. The van der Waals surface area contributed by atoms with E-state index in [2.05, 4.69) is 16.8 Å². The van der Waals surface area contributed by atoms with Gasteiger partial charge in [0.25, 0.3) is 0 Å². The Kier molecular flexibility index (Phi) is 3.95. The maximum atomic E-state index is 8.65. The molecule has 0 radical (unpaired) electrons. The van der Waals surface area contributed by atoms with Crippen LogP contribution in [0, 0.1) is 18.8 Å². The van der Waals surface area contributed by atoms with Crippen LogP contribution in [0.25, 0.3) is 0 Å². The van der Waals surface area contributed by atoms with Crippen LogP contribution in [0.3, 0.4) is 0 Å². The van der Waals surface area contributed by atoms with Gasteiger partial charge in [0.05, 0.1) is 0 Å². The SMILES string of the molecule is Cc1cccc(Oc2cccc(C#CCO)c2)n1. The van der Waals surface area contributed by atoms with E-state index in [9.17, 15) is 0 Å². The second kappa shape index (κ2) is 5.85. The van der Waals surface area contributed by atoms with Gasteiger partial charge < -0.3 is 9.84 Å². The number of hydrogen-bond acceptors (Lipinski definition) is 3. The van der Waals surface area contributed by atoms with Crippen LogP contribution in [0.15, 0.2) is 42.5 Å². The molecule has 0 aliphatic heterocycles. The predicted octanol–water partition coefficient (Wildman–Crippen LogP) is 2.53. The van der Waals surface area contributed by atoms with E-state index in [0.717, 1.165) is 11.3 Å². The molecule has 90 valence electrons. The Hall–Kier alpha value is -2.31. The number of aliphatic hydroxyl groups is 1. The Balaban J connectivity index is 2.19. The fourth-order valence-electron chi connectivity index (χ4n) is 1.47. The van der Waals surface area contributed by atoms with Crippen LogP contribution in [-0.4, -0.2) is 16.7 Å². The molecule has 0 saturated heterocycles. The van der Waals surface area contributed by atoms with Crippen LogP contribution in [-0.2, 0) is 0 Å². The Labute approximate surface area is 106 Å². The summed E-state index contributed by atoms with van der Waals surface area (Å²) in [5, 5.41) is 8.65. The van der Waals surface area contributed by atoms with Gasteiger partial charge in [-0.2, -0.15) is 0 Å².